The van der Waals surface area contributed by atoms with Gasteiger partial charge in [-0.15, -0.1) is 0 Å². The first kappa shape index (κ1) is 16.6. The standard InChI is InChI=1S/C14H17Cl2NO3S/c1-8-12(6-11(7-13(8)15)21(16,19)20)14(18)17-9(2)10-4-3-5-10/h6-7,9-10H,3-5H2,1-2H3,(H,17,18). The van der Waals surface area contributed by atoms with Crippen LogP contribution in [0.15, 0.2) is 17.0 Å². The molecule has 0 radical (unpaired) electrons. The predicted molar refractivity (Wildman–Crippen MR) is 83.5 cm³/mol. The van der Waals surface area contributed by atoms with Crippen LogP contribution < -0.4 is 5.32 Å². The second-order valence-corrected chi connectivity index (χ2v) is 8.44. The molecule has 21 heavy (non-hydrogen) atoms. The van der Waals surface area contributed by atoms with E-state index in [1.54, 1.807) is 6.92 Å². The Morgan fingerprint density at radius 2 is 2.00 bits per heavy atom. The SMILES string of the molecule is Cc1c(Cl)cc(S(=O)(=O)Cl)cc1C(=O)NC(C)C1CCC1. The van der Waals surface area contributed by atoms with Crippen molar-refractivity contribution >= 4 is 37.2 Å². The zero-order chi connectivity index (χ0) is 15.8. The number of rotatable bonds is 4. The van der Waals surface area contributed by atoms with E-state index in [0.717, 1.165) is 12.8 Å². The smallest absolute Gasteiger partial charge is 0.261 e. The van der Waals surface area contributed by atoms with Crippen molar-refractivity contribution in [2.45, 2.75) is 44.0 Å². The van der Waals surface area contributed by atoms with E-state index in [4.69, 9.17) is 22.3 Å². The maximum absolute atomic E-state index is 12.3. The average Bonchev–Trinajstić information content (AvgIpc) is 2.28. The van der Waals surface area contributed by atoms with Gasteiger partial charge < -0.3 is 5.32 Å². The minimum atomic E-state index is -3.93. The van der Waals surface area contributed by atoms with Crippen LogP contribution in [0.5, 0.6) is 0 Å². The molecule has 1 N–H and O–H groups in total. The molecule has 1 aliphatic rings. The van der Waals surface area contributed by atoms with Crippen LogP contribution >= 0.6 is 22.3 Å². The normalized spacial score (nSPS) is 17.1. The summed E-state index contributed by atoms with van der Waals surface area (Å²) >= 11 is 6.00. The number of carbonyl (C=O) groups is 1. The lowest BCUT2D eigenvalue weighted by Crippen LogP contribution is -2.41. The summed E-state index contributed by atoms with van der Waals surface area (Å²) < 4.78 is 22.9. The highest BCUT2D eigenvalue weighted by Gasteiger charge is 2.26. The van der Waals surface area contributed by atoms with Crippen molar-refractivity contribution in [2.24, 2.45) is 5.92 Å². The third kappa shape index (κ3) is 3.71. The fourth-order valence-electron chi connectivity index (χ4n) is 2.37. The quantitative estimate of drug-likeness (QED) is 0.846. The molecule has 116 valence electrons. The molecule has 1 amide bonds. The first-order valence-electron chi connectivity index (χ1n) is 6.76. The van der Waals surface area contributed by atoms with Gasteiger partial charge in [0.2, 0.25) is 0 Å². The van der Waals surface area contributed by atoms with Crippen LogP contribution in [0.2, 0.25) is 5.02 Å². The van der Waals surface area contributed by atoms with Gasteiger partial charge in [-0.1, -0.05) is 18.0 Å². The van der Waals surface area contributed by atoms with Crippen LogP contribution in [0, 0.1) is 12.8 Å². The second-order valence-electron chi connectivity index (χ2n) is 5.47. The number of hydrogen-bond donors (Lipinski definition) is 1. The van der Waals surface area contributed by atoms with Crippen molar-refractivity contribution in [3.8, 4) is 0 Å². The molecule has 1 saturated carbocycles. The fraction of sp³-hybridized carbons (Fsp3) is 0.500. The summed E-state index contributed by atoms with van der Waals surface area (Å²) in [5.74, 6) is 0.167. The largest absolute Gasteiger partial charge is 0.349 e. The summed E-state index contributed by atoms with van der Waals surface area (Å²) in [5, 5.41) is 3.12. The zero-order valence-electron chi connectivity index (χ0n) is 11.8. The number of carbonyl (C=O) groups excluding carboxylic acids is 1. The maximum Gasteiger partial charge on any atom is 0.261 e. The highest BCUT2D eigenvalue weighted by atomic mass is 35.7. The minimum Gasteiger partial charge on any atom is -0.349 e. The molecule has 4 nitrogen and oxygen atoms in total. The van der Waals surface area contributed by atoms with Crippen molar-refractivity contribution in [2.75, 3.05) is 0 Å². The molecule has 1 aromatic carbocycles. The van der Waals surface area contributed by atoms with E-state index in [-0.39, 0.29) is 27.4 Å². The third-order valence-electron chi connectivity index (χ3n) is 4.06. The van der Waals surface area contributed by atoms with Crippen molar-refractivity contribution < 1.29 is 13.2 Å². The van der Waals surface area contributed by atoms with Gasteiger partial charge in [0.05, 0.1) is 4.90 Å². The average molecular weight is 350 g/mol. The van der Waals surface area contributed by atoms with Crippen LogP contribution in [-0.2, 0) is 9.05 Å². The molecular weight excluding hydrogens is 333 g/mol. The van der Waals surface area contributed by atoms with Crippen LogP contribution in [0.4, 0.5) is 0 Å². The molecule has 0 saturated heterocycles. The Bertz CT molecular complexity index is 669. The third-order valence-corrected chi connectivity index (χ3v) is 5.79. The van der Waals surface area contributed by atoms with Crippen molar-refractivity contribution in [1.82, 2.24) is 5.32 Å². The summed E-state index contributed by atoms with van der Waals surface area (Å²) in [4.78, 5) is 12.2. The van der Waals surface area contributed by atoms with Crippen molar-refractivity contribution in [3.63, 3.8) is 0 Å². The van der Waals surface area contributed by atoms with Gasteiger partial charge in [0.1, 0.15) is 0 Å². The maximum atomic E-state index is 12.3. The predicted octanol–water partition coefficient (Wildman–Crippen LogP) is 3.49. The lowest BCUT2D eigenvalue weighted by molar-refractivity contribution is 0.0908. The van der Waals surface area contributed by atoms with Gasteiger partial charge >= 0.3 is 0 Å². The lowest BCUT2D eigenvalue weighted by Gasteiger charge is -2.32. The number of benzene rings is 1. The molecule has 1 unspecified atom stereocenters. The van der Waals surface area contributed by atoms with Gasteiger partial charge in [-0.2, -0.15) is 0 Å². The Morgan fingerprint density at radius 1 is 1.38 bits per heavy atom. The summed E-state index contributed by atoms with van der Waals surface area (Å²) in [6.45, 7) is 3.64. The van der Waals surface area contributed by atoms with Crippen LogP contribution in [-0.4, -0.2) is 20.4 Å². The lowest BCUT2D eigenvalue weighted by atomic mass is 9.80. The summed E-state index contributed by atoms with van der Waals surface area (Å²) in [6, 6.07) is 2.58. The summed E-state index contributed by atoms with van der Waals surface area (Å²) in [7, 11) is 1.40. The Balaban J connectivity index is 2.29. The van der Waals surface area contributed by atoms with Gasteiger partial charge in [0.25, 0.3) is 15.0 Å². The number of halogens is 2. The first-order valence-corrected chi connectivity index (χ1v) is 9.44. The fourth-order valence-corrected chi connectivity index (χ4v) is 3.44. The molecule has 0 spiro atoms. The molecule has 1 fully saturated rings. The number of hydrogen-bond acceptors (Lipinski definition) is 3. The molecule has 1 atom stereocenters. The summed E-state index contributed by atoms with van der Waals surface area (Å²) in [5.41, 5.74) is 0.784. The van der Waals surface area contributed by atoms with E-state index < -0.39 is 9.05 Å². The molecular formula is C14H17Cl2NO3S. The molecule has 2 rings (SSSR count). The van der Waals surface area contributed by atoms with E-state index in [1.165, 1.54) is 18.6 Å². The van der Waals surface area contributed by atoms with Crippen molar-refractivity contribution in [3.05, 3.63) is 28.3 Å². The molecule has 7 heteroatoms. The Labute approximate surface area is 134 Å². The van der Waals surface area contributed by atoms with Gasteiger partial charge in [-0.25, -0.2) is 8.42 Å². The first-order chi connectivity index (χ1) is 9.70. The zero-order valence-corrected chi connectivity index (χ0v) is 14.1. The molecule has 1 aliphatic carbocycles. The highest BCUT2D eigenvalue weighted by Crippen LogP contribution is 2.30. The van der Waals surface area contributed by atoms with Gasteiger partial charge in [-0.3, -0.25) is 4.79 Å². The topological polar surface area (TPSA) is 63.2 Å². The monoisotopic (exact) mass is 349 g/mol. The van der Waals surface area contributed by atoms with Crippen LogP contribution in [0.25, 0.3) is 0 Å². The summed E-state index contributed by atoms with van der Waals surface area (Å²) in [6.07, 6.45) is 3.41. The van der Waals surface area contributed by atoms with E-state index in [2.05, 4.69) is 5.32 Å². The molecule has 0 aromatic heterocycles. The number of amides is 1. The molecule has 0 heterocycles. The Morgan fingerprint density at radius 3 is 2.48 bits per heavy atom. The minimum absolute atomic E-state index is 0.0562. The molecule has 1 aromatic rings. The van der Waals surface area contributed by atoms with E-state index in [1.807, 2.05) is 6.92 Å². The van der Waals surface area contributed by atoms with E-state index in [0.29, 0.717) is 11.5 Å². The van der Waals surface area contributed by atoms with Crippen LogP contribution in [0.3, 0.4) is 0 Å². The molecule has 0 bridgehead atoms. The highest BCUT2D eigenvalue weighted by molar-refractivity contribution is 8.13. The Kier molecular flexibility index (Phi) is 4.85. The number of nitrogens with one attached hydrogen (secondary N) is 1. The van der Waals surface area contributed by atoms with Gasteiger partial charge in [-0.05, 0) is 50.3 Å². The molecule has 0 aliphatic heterocycles. The van der Waals surface area contributed by atoms with Crippen molar-refractivity contribution in [1.29, 1.82) is 0 Å². The van der Waals surface area contributed by atoms with E-state index in [9.17, 15) is 13.2 Å². The second kappa shape index (κ2) is 6.15. The van der Waals surface area contributed by atoms with Crippen LogP contribution in [0.1, 0.15) is 42.1 Å². The van der Waals surface area contributed by atoms with Gasteiger partial charge in [0.15, 0.2) is 0 Å². The Hall–Kier alpha value is -0.780. The van der Waals surface area contributed by atoms with Gasteiger partial charge in [0, 0.05) is 27.3 Å². The van der Waals surface area contributed by atoms with E-state index >= 15 is 0 Å².